The highest BCUT2D eigenvalue weighted by atomic mass is 14.7. The molecule has 5 heteroatoms. The van der Waals surface area contributed by atoms with Gasteiger partial charge in [0.25, 0.3) is 0 Å². The molecule has 3 unspecified atom stereocenters. The van der Waals surface area contributed by atoms with Crippen molar-refractivity contribution >= 4 is 0 Å². The number of rotatable bonds is 8. The van der Waals surface area contributed by atoms with Gasteiger partial charge in [-0.3, -0.25) is 15.0 Å². The quantitative estimate of drug-likeness (QED) is 0.653. The van der Waals surface area contributed by atoms with Crippen molar-refractivity contribution in [3.8, 4) is 0 Å². The predicted octanol–water partition coefficient (Wildman–Crippen LogP) is 3.18. The van der Waals surface area contributed by atoms with E-state index in [2.05, 4.69) is 27.1 Å². The average Bonchev–Trinajstić information content (AvgIpc) is 2.73. The van der Waals surface area contributed by atoms with Crippen molar-refractivity contribution in [2.45, 2.75) is 30.7 Å². The second-order valence-electron chi connectivity index (χ2n) is 6.55. The normalized spacial score (nSPS) is 14.5. The largest absolute Gasteiger partial charge is 0.330 e. The lowest BCUT2D eigenvalue weighted by Crippen LogP contribution is -2.20. The second-order valence-corrected chi connectivity index (χ2v) is 6.55. The minimum atomic E-state index is -0.0490. The summed E-state index contributed by atoms with van der Waals surface area (Å²) in [5.74, 6) is 0.559. The summed E-state index contributed by atoms with van der Waals surface area (Å²) < 4.78 is 0. The molecule has 0 saturated carbocycles. The lowest BCUT2D eigenvalue weighted by molar-refractivity contribution is 0.469. The van der Waals surface area contributed by atoms with E-state index in [1.807, 2.05) is 49.1 Å². The molecule has 5 nitrogen and oxygen atoms in total. The Bertz CT molecular complexity index is 764. The van der Waals surface area contributed by atoms with Crippen LogP contribution in [0.4, 0.5) is 0 Å². The molecule has 0 fully saturated rings. The zero-order chi connectivity index (χ0) is 18.2. The van der Waals surface area contributed by atoms with Gasteiger partial charge in [-0.1, -0.05) is 0 Å². The molecule has 0 saturated heterocycles. The topological polar surface area (TPSA) is 90.7 Å². The molecule has 134 valence electrons. The van der Waals surface area contributed by atoms with Crippen LogP contribution in [0.15, 0.2) is 73.6 Å². The van der Waals surface area contributed by atoms with Crippen LogP contribution in [0.2, 0.25) is 0 Å². The van der Waals surface area contributed by atoms with Gasteiger partial charge < -0.3 is 11.5 Å². The van der Waals surface area contributed by atoms with Crippen molar-refractivity contribution in [2.24, 2.45) is 11.5 Å². The molecule has 0 amide bonds. The Morgan fingerprint density at radius 1 is 0.615 bits per heavy atom. The van der Waals surface area contributed by atoms with Crippen LogP contribution in [0.3, 0.4) is 0 Å². The summed E-state index contributed by atoms with van der Waals surface area (Å²) in [4.78, 5) is 12.3. The molecule has 0 aliphatic rings. The number of hydrogen-bond acceptors (Lipinski definition) is 5. The number of pyridine rings is 3. The fraction of sp³-hybridized carbons (Fsp3) is 0.286. The molecule has 26 heavy (non-hydrogen) atoms. The highest BCUT2D eigenvalue weighted by molar-refractivity contribution is 5.23. The molecule has 3 aromatic rings. The van der Waals surface area contributed by atoms with Gasteiger partial charge in [-0.05, 0) is 84.3 Å². The molecule has 0 bridgehead atoms. The van der Waals surface area contributed by atoms with Crippen LogP contribution in [0, 0.1) is 0 Å². The van der Waals surface area contributed by atoms with Crippen LogP contribution < -0.4 is 11.5 Å². The zero-order valence-electron chi connectivity index (χ0n) is 14.8. The summed E-state index contributed by atoms with van der Waals surface area (Å²) in [7, 11) is 0. The van der Waals surface area contributed by atoms with E-state index >= 15 is 0 Å². The molecule has 3 atom stereocenters. The lowest BCUT2D eigenvalue weighted by atomic mass is 9.81. The lowest BCUT2D eigenvalue weighted by Gasteiger charge is -2.26. The maximum absolute atomic E-state index is 6.50. The Morgan fingerprint density at radius 2 is 1.04 bits per heavy atom. The van der Waals surface area contributed by atoms with Gasteiger partial charge in [-0.25, -0.2) is 0 Å². The van der Waals surface area contributed by atoms with Crippen molar-refractivity contribution < 1.29 is 0 Å². The molecule has 0 radical (unpaired) electrons. The summed E-state index contributed by atoms with van der Waals surface area (Å²) in [5, 5.41) is 0. The van der Waals surface area contributed by atoms with Crippen LogP contribution >= 0.6 is 0 Å². The first-order chi connectivity index (χ1) is 12.8. The first kappa shape index (κ1) is 18.2. The van der Waals surface area contributed by atoms with Crippen LogP contribution in [-0.2, 0) is 0 Å². The first-order valence-electron chi connectivity index (χ1n) is 8.93. The fourth-order valence-electron chi connectivity index (χ4n) is 3.40. The third-order valence-corrected chi connectivity index (χ3v) is 4.88. The summed E-state index contributed by atoms with van der Waals surface area (Å²) in [6, 6.07) is 12.2. The Morgan fingerprint density at radius 3 is 1.50 bits per heavy atom. The van der Waals surface area contributed by atoms with Gasteiger partial charge in [0.05, 0.1) is 0 Å². The van der Waals surface area contributed by atoms with E-state index in [0.717, 1.165) is 18.4 Å². The molecule has 3 aromatic heterocycles. The van der Waals surface area contributed by atoms with E-state index in [4.69, 9.17) is 11.5 Å². The zero-order valence-corrected chi connectivity index (χ0v) is 14.8. The summed E-state index contributed by atoms with van der Waals surface area (Å²) in [6.07, 6.45) is 12.7. The van der Waals surface area contributed by atoms with Gasteiger partial charge >= 0.3 is 0 Å². The Balaban J connectivity index is 1.82. The van der Waals surface area contributed by atoms with Gasteiger partial charge in [-0.2, -0.15) is 0 Å². The molecule has 0 aliphatic carbocycles. The SMILES string of the molecule is NCC(CC(CC(N)c1ccncc1)c1ccncc1)c1ccncc1. The average molecular weight is 347 g/mol. The molecule has 3 heterocycles. The van der Waals surface area contributed by atoms with Crippen molar-refractivity contribution in [3.05, 3.63) is 90.3 Å². The highest BCUT2D eigenvalue weighted by Crippen LogP contribution is 2.35. The number of nitrogens with two attached hydrogens (primary N) is 2. The van der Waals surface area contributed by atoms with Crippen molar-refractivity contribution in [1.29, 1.82) is 0 Å². The van der Waals surface area contributed by atoms with Crippen LogP contribution in [0.5, 0.6) is 0 Å². The molecule has 0 aliphatic heterocycles. The van der Waals surface area contributed by atoms with Gasteiger partial charge in [-0.15, -0.1) is 0 Å². The third-order valence-electron chi connectivity index (χ3n) is 4.88. The van der Waals surface area contributed by atoms with E-state index in [0.29, 0.717) is 12.5 Å². The number of aromatic nitrogens is 3. The maximum atomic E-state index is 6.50. The van der Waals surface area contributed by atoms with Crippen LogP contribution in [0.1, 0.15) is 47.4 Å². The molecular formula is C21H25N5. The fourth-order valence-corrected chi connectivity index (χ4v) is 3.40. The number of nitrogens with zero attached hydrogens (tertiary/aromatic N) is 3. The van der Waals surface area contributed by atoms with E-state index < -0.39 is 0 Å². The summed E-state index contributed by atoms with van der Waals surface area (Å²) in [6.45, 7) is 0.593. The molecular weight excluding hydrogens is 322 g/mol. The van der Waals surface area contributed by atoms with Gasteiger partial charge in [0.2, 0.25) is 0 Å². The molecule has 3 rings (SSSR count). The minimum absolute atomic E-state index is 0.0490. The summed E-state index contributed by atoms with van der Waals surface area (Å²) >= 11 is 0. The van der Waals surface area contributed by atoms with Crippen molar-refractivity contribution in [1.82, 2.24) is 15.0 Å². The van der Waals surface area contributed by atoms with Crippen LogP contribution in [0.25, 0.3) is 0 Å². The summed E-state index contributed by atoms with van der Waals surface area (Å²) in [5.41, 5.74) is 16.2. The highest BCUT2D eigenvalue weighted by Gasteiger charge is 2.22. The Hall–Kier alpha value is -2.63. The maximum Gasteiger partial charge on any atom is 0.0301 e. The minimum Gasteiger partial charge on any atom is -0.330 e. The Kier molecular flexibility index (Phi) is 6.41. The van der Waals surface area contributed by atoms with Gasteiger partial charge in [0.1, 0.15) is 0 Å². The number of hydrogen-bond donors (Lipinski definition) is 2. The first-order valence-corrected chi connectivity index (χ1v) is 8.93. The smallest absolute Gasteiger partial charge is 0.0301 e. The van der Waals surface area contributed by atoms with Crippen molar-refractivity contribution in [2.75, 3.05) is 6.54 Å². The van der Waals surface area contributed by atoms with E-state index in [-0.39, 0.29) is 12.0 Å². The monoisotopic (exact) mass is 347 g/mol. The van der Waals surface area contributed by atoms with E-state index in [1.165, 1.54) is 11.1 Å². The standard InChI is InChI=1S/C21H25N5/c22-15-20(17-3-9-25-10-4-17)13-19(16-1-7-24-8-2-16)14-21(23)18-5-11-26-12-6-18/h1-12,19-21H,13-15,22-23H2. The van der Waals surface area contributed by atoms with Crippen molar-refractivity contribution in [3.63, 3.8) is 0 Å². The van der Waals surface area contributed by atoms with Gasteiger partial charge in [0, 0.05) is 43.2 Å². The molecule has 4 N–H and O–H groups in total. The Labute approximate surface area is 154 Å². The third kappa shape index (κ3) is 4.71. The van der Waals surface area contributed by atoms with E-state index in [1.54, 1.807) is 12.4 Å². The second kappa shape index (κ2) is 9.17. The molecule has 0 spiro atoms. The molecule has 0 aromatic carbocycles. The van der Waals surface area contributed by atoms with Gasteiger partial charge in [0.15, 0.2) is 0 Å². The van der Waals surface area contributed by atoms with E-state index in [9.17, 15) is 0 Å². The predicted molar refractivity (Wildman–Crippen MR) is 103 cm³/mol. The van der Waals surface area contributed by atoms with Crippen LogP contribution in [-0.4, -0.2) is 21.5 Å².